The van der Waals surface area contributed by atoms with Gasteiger partial charge in [0.05, 0.1) is 11.2 Å². The van der Waals surface area contributed by atoms with E-state index in [0.717, 1.165) is 0 Å². The number of rotatable bonds is 1. The lowest BCUT2D eigenvalue weighted by Crippen LogP contribution is -1.67. The van der Waals surface area contributed by atoms with Gasteiger partial charge in [-0.15, -0.1) is 12.6 Å². The molecule has 0 atom stereocenters. The number of aliphatic hydroxyl groups excluding tert-OH is 1. The topological polar surface area (TPSA) is 37.3 Å². The zero-order valence-corrected chi connectivity index (χ0v) is 3.85. The molecule has 0 radical (unpaired) electrons. The number of hydrogen-bond donors (Lipinski definition) is 2. The molecule has 0 aromatic heterocycles. The Morgan fingerprint density at radius 2 is 2.33 bits per heavy atom. The van der Waals surface area contributed by atoms with E-state index in [2.05, 4.69) is 12.6 Å². The first-order valence-corrected chi connectivity index (χ1v) is 1.74. The van der Waals surface area contributed by atoms with Crippen molar-refractivity contribution in [2.75, 3.05) is 0 Å². The molecule has 0 fully saturated rings. The fourth-order valence-corrected chi connectivity index (χ4v) is 0.0304. The van der Waals surface area contributed by atoms with E-state index < -0.39 is 0 Å². The summed E-state index contributed by atoms with van der Waals surface area (Å²) in [6.07, 6.45) is 1.08. The summed E-state index contributed by atoms with van der Waals surface area (Å²) in [6, 6.07) is 0. The van der Waals surface area contributed by atoms with Crippen molar-refractivity contribution < 1.29 is 9.90 Å². The Labute approximate surface area is 40.9 Å². The molecule has 0 heterocycles. The Morgan fingerprint density at radius 3 is 2.33 bits per heavy atom. The van der Waals surface area contributed by atoms with Crippen molar-refractivity contribution in [2.45, 2.75) is 0 Å². The highest BCUT2D eigenvalue weighted by Gasteiger charge is 1.76. The van der Waals surface area contributed by atoms with E-state index in [-0.39, 0.29) is 4.91 Å². The van der Waals surface area contributed by atoms with E-state index in [1.807, 2.05) is 0 Å². The van der Waals surface area contributed by atoms with E-state index in [4.69, 9.17) is 5.11 Å². The Bertz CT molecular complexity index is 76.9. The largest absolute Gasteiger partial charge is 0.514 e. The minimum absolute atomic E-state index is 0.0370. The summed E-state index contributed by atoms with van der Waals surface area (Å²) in [4.78, 5) is 9.47. The zero-order chi connectivity index (χ0) is 4.99. The Hall–Kier alpha value is -0.440. The van der Waals surface area contributed by atoms with Crippen LogP contribution in [-0.2, 0) is 4.79 Å². The fourth-order valence-electron chi connectivity index (χ4n) is 0.0304. The van der Waals surface area contributed by atoms with Crippen molar-refractivity contribution in [1.29, 1.82) is 0 Å². The first-order chi connectivity index (χ1) is 2.81. The first-order valence-electron chi connectivity index (χ1n) is 1.29. The van der Waals surface area contributed by atoms with E-state index in [9.17, 15) is 4.79 Å². The maximum atomic E-state index is 9.43. The van der Waals surface area contributed by atoms with Crippen LogP contribution in [0.4, 0.5) is 0 Å². The molecule has 3 heteroatoms. The second kappa shape index (κ2) is 2.78. The third kappa shape index (κ3) is 1.84. The van der Waals surface area contributed by atoms with Gasteiger partial charge in [0.15, 0.2) is 6.29 Å². The van der Waals surface area contributed by atoms with Gasteiger partial charge in [0.1, 0.15) is 0 Å². The van der Waals surface area contributed by atoms with Crippen LogP contribution in [0, 0.1) is 0 Å². The molecule has 0 aromatic carbocycles. The maximum absolute atomic E-state index is 9.43. The van der Waals surface area contributed by atoms with Crippen LogP contribution in [0.1, 0.15) is 0 Å². The van der Waals surface area contributed by atoms with Crippen molar-refractivity contribution in [1.82, 2.24) is 0 Å². The van der Waals surface area contributed by atoms with Crippen LogP contribution >= 0.6 is 12.6 Å². The molecule has 0 aliphatic heterocycles. The first kappa shape index (κ1) is 5.56. The van der Waals surface area contributed by atoms with E-state index >= 15 is 0 Å². The molecular weight excluding hydrogens is 100 g/mol. The third-order valence-corrected chi connectivity index (χ3v) is 0.474. The molecule has 0 rings (SSSR count). The molecule has 0 bridgehead atoms. The van der Waals surface area contributed by atoms with Crippen LogP contribution in [0.15, 0.2) is 11.2 Å². The molecule has 0 saturated carbocycles. The fraction of sp³-hybridized carbons (Fsp3) is 0. The predicted molar refractivity (Wildman–Crippen MR) is 25.8 cm³/mol. The summed E-state index contributed by atoms with van der Waals surface area (Å²) in [5.74, 6) is 0. The van der Waals surface area contributed by atoms with Gasteiger partial charge in [0.2, 0.25) is 0 Å². The number of carbonyl (C=O) groups is 1. The number of hydrogen-bond acceptors (Lipinski definition) is 3. The molecule has 0 unspecified atom stereocenters. The van der Waals surface area contributed by atoms with Crippen LogP contribution in [0.25, 0.3) is 0 Å². The highest BCUT2D eigenvalue weighted by atomic mass is 32.1. The summed E-state index contributed by atoms with van der Waals surface area (Å²) in [5.41, 5.74) is 0. The molecule has 0 saturated heterocycles. The molecule has 1 N–H and O–H groups in total. The molecule has 0 aliphatic carbocycles. The van der Waals surface area contributed by atoms with Crippen LogP contribution < -0.4 is 0 Å². The second-order valence-corrected chi connectivity index (χ2v) is 1.19. The summed E-state index contributed by atoms with van der Waals surface area (Å²) in [7, 11) is 0. The highest BCUT2D eigenvalue weighted by Crippen LogP contribution is 1.88. The second-order valence-electron chi connectivity index (χ2n) is 0.672. The van der Waals surface area contributed by atoms with Crippen LogP contribution in [0.5, 0.6) is 0 Å². The normalized spacial score (nSPS) is 11.2. The molecular formula is C3H4O2S. The van der Waals surface area contributed by atoms with Crippen molar-refractivity contribution in [3.63, 3.8) is 0 Å². The lowest BCUT2D eigenvalue weighted by molar-refractivity contribution is -0.104. The van der Waals surface area contributed by atoms with E-state index in [1.54, 1.807) is 0 Å². The Kier molecular flexibility index (Phi) is 2.58. The van der Waals surface area contributed by atoms with Gasteiger partial charge < -0.3 is 5.11 Å². The van der Waals surface area contributed by atoms with Gasteiger partial charge >= 0.3 is 0 Å². The van der Waals surface area contributed by atoms with E-state index in [0.29, 0.717) is 12.5 Å². The standard InChI is InChI=1S/C3H4O2S/c4-1-3(6)2-5/h1-2,4,6H/b3-1+. The van der Waals surface area contributed by atoms with Gasteiger partial charge in [-0.2, -0.15) is 0 Å². The van der Waals surface area contributed by atoms with Crippen molar-refractivity contribution in [2.24, 2.45) is 0 Å². The van der Waals surface area contributed by atoms with Crippen molar-refractivity contribution in [3.8, 4) is 0 Å². The monoisotopic (exact) mass is 104 g/mol. The smallest absolute Gasteiger partial charge is 0.159 e. The van der Waals surface area contributed by atoms with Gasteiger partial charge in [-0.1, -0.05) is 0 Å². The molecule has 34 valence electrons. The summed E-state index contributed by atoms with van der Waals surface area (Å²) in [5, 5.41) is 7.87. The van der Waals surface area contributed by atoms with Gasteiger partial charge in [0.25, 0.3) is 0 Å². The highest BCUT2D eigenvalue weighted by molar-refractivity contribution is 7.85. The molecule has 2 nitrogen and oxygen atoms in total. The number of carbonyl (C=O) groups excluding carboxylic acids is 1. The zero-order valence-electron chi connectivity index (χ0n) is 2.96. The lowest BCUT2D eigenvalue weighted by Gasteiger charge is -1.72. The summed E-state index contributed by atoms with van der Waals surface area (Å²) < 4.78 is 0. The van der Waals surface area contributed by atoms with Crippen LogP contribution in [0.2, 0.25) is 0 Å². The minimum atomic E-state index is 0.0370. The maximum Gasteiger partial charge on any atom is 0.159 e. The van der Waals surface area contributed by atoms with Gasteiger partial charge in [0, 0.05) is 0 Å². The predicted octanol–water partition coefficient (Wildman–Crippen LogP) is 0.514. The Morgan fingerprint density at radius 1 is 1.83 bits per heavy atom. The van der Waals surface area contributed by atoms with Gasteiger partial charge in [-0.05, 0) is 0 Å². The number of allylic oxidation sites excluding steroid dienone is 1. The molecule has 0 aliphatic rings. The number of thiol groups is 1. The molecule has 0 aromatic rings. The molecule has 0 amide bonds. The molecule has 0 spiro atoms. The average Bonchev–Trinajstić information content (AvgIpc) is 1.65. The average molecular weight is 104 g/mol. The Balaban J connectivity index is 3.50. The quantitative estimate of drug-likeness (QED) is 0.220. The SMILES string of the molecule is O=C/C(S)=C\O. The van der Waals surface area contributed by atoms with E-state index in [1.165, 1.54) is 0 Å². The van der Waals surface area contributed by atoms with Crippen molar-refractivity contribution >= 4 is 18.9 Å². The lowest BCUT2D eigenvalue weighted by atomic mass is 10.7. The summed E-state index contributed by atoms with van der Waals surface area (Å²) in [6.45, 7) is 0. The van der Waals surface area contributed by atoms with Gasteiger partial charge in [-0.3, -0.25) is 4.79 Å². The van der Waals surface area contributed by atoms with Crippen molar-refractivity contribution in [3.05, 3.63) is 11.2 Å². The van der Waals surface area contributed by atoms with Gasteiger partial charge in [-0.25, -0.2) is 0 Å². The molecule has 6 heavy (non-hydrogen) atoms. The third-order valence-electron chi connectivity index (χ3n) is 0.253. The minimum Gasteiger partial charge on any atom is -0.514 e. The number of aldehydes is 1. The number of aliphatic hydroxyl groups is 1. The van der Waals surface area contributed by atoms with Crippen LogP contribution in [-0.4, -0.2) is 11.4 Å². The summed E-state index contributed by atoms with van der Waals surface area (Å²) >= 11 is 3.47. The van der Waals surface area contributed by atoms with Crippen LogP contribution in [0.3, 0.4) is 0 Å².